The average Bonchev–Trinajstić information content (AvgIpc) is 3.33. The number of hydrogen-bond donors (Lipinski definition) is 1. The van der Waals surface area contributed by atoms with E-state index in [0.717, 1.165) is 10.7 Å². The van der Waals surface area contributed by atoms with Crippen LogP contribution in [0.25, 0.3) is 0 Å². The number of esters is 1. The van der Waals surface area contributed by atoms with Gasteiger partial charge in [-0.05, 0) is 36.4 Å². The van der Waals surface area contributed by atoms with E-state index in [4.69, 9.17) is 4.42 Å². The number of amides is 2. The number of fused-ring (bicyclic) bond motifs is 1. The molecule has 146 valence electrons. The van der Waals surface area contributed by atoms with Crippen molar-refractivity contribution in [1.82, 2.24) is 15.3 Å². The molecule has 2 amide bonds. The molecule has 10 heteroatoms. The third-order valence-corrected chi connectivity index (χ3v) is 4.65. The van der Waals surface area contributed by atoms with Crippen molar-refractivity contribution in [3.05, 3.63) is 53.7 Å². The van der Waals surface area contributed by atoms with E-state index in [1.165, 1.54) is 36.3 Å². The first-order chi connectivity index (χ1) is 13.5. The Balaban J connectivity index is 1.54. The van der Waals surface area contributed by atoms with E-state index >= 15 is 0 Å². The summed E-state index contributed by atoms with van der Waals surface area (Å²) in [5.74, 6) is -2.05. The first-order valence-electron chi connectivity index (χ1n) is 8.56. The Kier molecular flexibility index (Phi) is 4.47. The second-order valence-electron chi connectivity index (χ2n) is 6.32. The first kappa shape index (κ1) is 18.0. The number of furan rings is 1. The minimum atomic E-state index is -0.728. The molecule has 0 saturated carbocycles. The van der Waals surface area contributed by atoms with Crippen LogP contribution in [0.2, 0.25) is 0 Å². The van der Waals surface area contributed by atoms with Crippen molar-refractivity contribution >= 4 is 23.5 Å². The van der Waals surface area contributed by atoms with Gasteiger partial charge in [-0.25, -0.2) is 9.18 Å². The topological polar surface area (TPSA) is 95.3 Å². The summed E-state index contributed by atoms with van der Waals surface area (Å²) in [6.07, 6.45) is -0.592. The third kappa shape index (κ3) is 3.07. The van der Waals surface area contributed by atoms with Crippen molar-refractivity contribution in [3.63, 3.8) is 0 Å². The Labute approximate surface area is 159 Å². The first-order valence-corrected chi connectivity index (χ1v) is 8.56. The van der Waals surface area contributed by atoms with E-state index in [9.17, 15) is 18.8 Å². The zero-order chi connectivity index (χ0) is 19.8. The van der Waals surface area contributed by atoms with Gasteiger partial charge in [0.2, 0.25) is 5.76 Å². The monoisotopic (exact) mass is 388 g/mol. The molecule has 2 fully saturated rings. The molecule has 0 spiro atoms. The predicted octanol–water partition coefficient (Wildman–Crippen LogP) is 0.684. The Morgan fingerprint density at radius 1 is 1.14 bits per heavy atom. The van der Waals surface area contributed by atoms with Gasteiger partial charge in [-0.3, -0.25) is 19.5 Å². The summed E-state index contributed by atoms with van der Waals surface area (Å²) < 4.78 is 23.2. The van der Waals surface area contributed by atoms with Gasteiger partial charge < -0.3 is 14.1 Å². The molecule has 0 radical (unpaired) electrons. The summed E-state index contributed by atoms with van der Waals surface area (Å²) >= 11 is 0. The van der Waals surface area contributed by atoms with Crippen molar-refractivity contribution in [1.29, 1.82) is 0 Å². The van der Waals surface area contributed by atoms with E-state index in [1.54, 1.807) is 12.1 Å². The highest BCUT2D eigenvalue weighted by Gasteiger charge is 2.45. The van der Waals surface area contributed by atoms with Gasteiger partial charge in [-0.1, -0.05) is 0 Å². The summed E-state index contributed by atoms with van der Waals surface area (Å²) in [6.45, 7) is 0.799. The van der Waals surface area contributed by atoms with Crippen LogP contribution < -0.4 is 10.3 Å². The van der Waals surface area contributed by atoms with Crippen LogP contribution in [0.5, 0.6) is 0 Å². The Bertz CT molecular complexity index is 928. The quantitative estimate of drug-likeness (QED) is 0.608. The van der Waals surface area contributed by atoms with Crippen LogP contribution in [0.15, 0.2) is 40.8 Å². The summed E-state index contributed by atoms with van der Waals surface area (Å²) in [5, 5.41) is 1.14. The molecule has 9 nitrogen and oxygen atoms in total. The number of benzene rings is 1. The van der Waals surface area contributed by atoms with Crippen LogP contribution in [0.3, 0.4) is 0 Å². The molecule has 2 aromatic rings. The fraction of sp³-hybridized carbons (Fsp3) is 0.278. The summed E-state index contributed by atoms with van der Waals surface area (Å²) in [6, 6.07) is 8.86. The molecule has 28 heavy (non-hydrogen) atoms. The van der Waals surface area contributed by atoms with E-state index in [-0.39, 0.29) is 18.1 Å². The fourth-order valence-corrected chi connectivity index (χ4v) is 3.27. The SMILES string of the molecule is COC(=O)c1ccc(CN2NC3N(CCN3c3ccc(F)cc3)C(=O)C2=O)o1. The lowest BCUT2D eigenvalue weighted by molar-refractivity contribution is -0.163. The molecule has 1 aromatic carbocycles. The second-order valence-corrected chi connectivity index (χ2v) is 6.32. The van der Waals surface area contributed by atoms with Crippen LogP contribution in [0.1, 0.15) is 16.3 Å². The molecule has 2 aliphatic heterocycles. The van der Waals surface area contributed by atoms with Gasteiger partial charge >= 0.3 is 17.8 Å². The van der Waals surface area contributed by atoms with Gasteiger partial charge in [-0.2, -0.15) is 5.43 Å². The molecule has 1 unspecified atom stereocenters. The summed E-state index contributed by atoms with van der Waals surface area (Å²) in [5.41, 5.74) is 3.72. The van der Waals surface area contributed by atoms with Gasteiger partial charge in [0.1, 0.15) is 11.6 Å². The van der Waals surface area contributed by atoms with Gasteiger partial charge in [0.15, 0.2) is 6.29 Å². The number of halogens is 1. The Morgan fingerprint density at radius 2 is 1.86 bits per heavy atom. The number of ether oxygens (including phenoxy) is 1. The van der Waals surface area contributed by atoms with Crippen molar-refractivity contribution in [2.45, 2.75) is 12.8 Å². The molecule has 3 heterocycles. The van der Waals surface area contributed by atoms with Crippen molar-refractivity contribution in [2.24, 2.45) is 0 Å². The lowest BCUT2D eigenvalue weighted by Crippen LogP contribution is -2.67. The van der Waals surface area contributed by atoms with Crippen LogP contribution in [-0.4, -0.2) is 54.2 Å². The maximum absolute atomic E-state index is 13.2. The normalized spacial score (nSPS) is 19.2. The highest BCUT2D eigenvalue weighted by molar-refractivity contribution is 6.35. The van der Waals surface area contributed by atoms with Crippen molar-refractivity contribution < 1.29 is 27.9 Å². The smallest absolute Gasteiger partial charge is 0.373 e. The molecule has 0 aliphatic carbocycles. The maximum atomic E-state index is 13.2. The van der Waals surface area contributed by atoms with E-state index in [0.29, 0.717) is 18.8 Å². The number of nitrogens with one attached hydrogen (secondary N) is 1. The number of carbonyl (C=O) groups is 3. The number of nitrogens with zero attached hydrogens (tertiary/aromatic N) is 3. The maximum Gasteiger partial charge on any atom is 0.373 e. The van der Waals surface area contributed by atoms with Crippen LogP contribution in [0, 0.1) is 5.82 Å². The number of hydrazine groups is 1. The highest BCUT2D eigenvalue weighted by Crippen LogP contribution is 2.26. The van der Waals surface area contributed by atoms with Gasteiger partial charge in [0.25, 0.3) is 0 Å². The fourth-order valence-electron chi connectivity index (χ4n) is 3.27. The number of hydrogen-bond acceptors (Lipinski definition) is 7. The molecule has 1 aromatic heterocycles. The highest BCUT2D eigenvalue weighted by atomic mass is 19.1. The third-order valence-electron chi connectivity index (χ3n) is 4.65. The Morgan fingerprint density at radius 3 is 2.57 bits per heavy atom. The number of methoxy groups -OCH3 is 1. The number of carbonyl (C=O) groups excluding carboxylic acids is 3. The molecule has 2 aliphatic rings. The zero-order valence-corrected chi connectivity index (χ0v) is 14.9. The number of anilines is 1. The lowest BCUT2D eigenvalue weighted by Gasteiger charge is -2.40. The summed E-state index contributed by atoms with van der Waals surface area (Å²) in [4.78, 5) is 39.7. The van der Waals surface area contributed by atoms with E-state index < -0.39 is 24.1 Å². The summed E-state index contributed by atoms with van der Waals surface area (Å²) in [7, 11) is 1.23. The molecule has 4 rings (SSSR count). The minimum Gasteiger partial charge on any atom is -0.463 e. The van der Waals surface area contributed by atoms with Crippen molar-refractivity contribution in [2.75, 3.05) is 25.1 Å². The zero-order valence-electron chi connectivity index (χ0n) is 14.9. The van der Waals surface area contributed by atoms with Crippen LogP contribution >= 0.6 is 0 Å². The van der Waals surface area contributed by atoms with Gasteiger partial charge in [0.05, 0.1) is 13.7 Å². The minimum absolute atomic E-state index is 0.00344. The van der Waals surface area contributed by atoms with Gasteiger partial charge in [-0.15, -0.1) is 0 Å². The largest absolute Gasteiger partial charge is 0.463 e. The standard InChI is InChI=1S/C18H17FN4O5/c1-27-17(26)14-7-6-13(28-14)10-23-16(25)15(24)22-9-8-21(18(22)20-23)12-4-2-11(19)3-5-12/h2-7,18,20H,8-10H2,1H3. The Hall–Kier alpha value is -3.40. The average molecular weight is 388 g/mol. The molecule has 1 N–H and O–H groups in total. The molecular weight excluding hydrogens is 371 g/mol. The molecule has 0 bridgehead atoms. The van der Waals surface area contributed by atoms with Crippen LogP contribution in [-0.2, 0) is 20.9 Å². The predicted molar refractivity (Wildman–Crippen MR) is 93.0 cm³/mol. The van der Waals surface area contributed by atoms with E-state index in [1.807, 2.05) is 4.90 Å². The molecular formula is C18H17FN4O5. The lowest BCUT2D eigenvalue weighted by atomic mass is 10.3. The van der Waals surface area contributed by atoms with Gasteiger partial charge in [0, 0.05) is 18.8 Å². The van der Waals surface area contributed by atoms with Crippen LogP contribution in [0.4, 0.5) is 10.1 Å². The van der Waals surface area contributed by atoms with E-state index in [2.05, 4.69) is 10.2 Å². The second kappa shape index (κ2) is 6.97. The molecule has 1 atom stereocenters. The molecule has 2 saturated heterocycles. The van der Waals surface area contributed by atoms with Crippen molar-refractivity contribution in [3.8, 4) is 0 Å². The number of rotatable bonds is 4.